The lowest BCUT2D eigenvalue weighted by atomic mass is 10.2. The number of hydrogen-bond donors (Lipinski definition) is 2. The molecule has 1 aliphatic heterocycles. The number of nitro benzene ring substituents is 1. The monoisotopic (exact) mass is 339 g/mol. The van der Waals surface area contributed by atoms with Gasteiger partial charge in [0, 0.05) is 18.7 Å². The van der Waals surface area contributed by atoms with Crippen molar-refractivity contribution in [2.45, 2.75) is 23.8 Å². The van der Waals surface area contributed by atoms with Gasteiger partial charge >= 0.3 is 0 Å². The van der Waals surface area contributed by atoms with Gasteiger partial charge in [-0.2, -0.15) is 0 Å². The summed E-state index contributed by atoms with van der Waals surface area (Å²) in [6.45, 7) is 0.875. The number of nitrogens with one attached hydrogen (secondary N) is 2. The molecule has 1 heterocycles. The number of benzene rings is 1. The molecule has 118 valence electrons. The van der Waals surface area contributed by atoms with Crippen LogP contribution < -0.4 is 10.0 Å². The van der Waals surface area contributed by atoms with E-state index in [0.717, 1.165) is 37.6 Å². The predicted octanol–water partition coefficient (Wildman–Crippen LogP) is 1.19. The van der Waals surface area contributed by atoms with Crippen LogP contribution in [0.15, 0.2) is 23.1 Å². The third-order valence-electron chi connectivity index (χ3n) is 3.09. The molecule has 1 aliphatic rings. The van der Waals surface area contributed by atoms with Crippen LogP contribution >= 0.6 is 12.4 Å². The van der Waals surface area contributed by atoms with Crippen LogP contribution in [0.4, 0.5) is 10.1 Å². The Kier molecular flexibility index (Phi) is 6.02. The first kappa shape index (κ1) is 17.8. The van der Waals surface area contributed by atoms with E-state index < -0.39 is 31.3 Å². The molecule has 21 heavy (non-hydrogen) atoms. The molecule has 2 rings (SSSR count). The Morgan fingerprint density at radius 3 is 2.76 bits per heavy atom. The fourth-order valence-electron chi connectivity index (χ4n) is 2.12. The lowest BCUT2D eigenvalue weighted by molar-refractivity contribution is -0.388. The molecule has 10 heteroatoms. The largest absolute Gasteiger partial charge is 0.313 e. The molecule has 0 saturated carbocycles. The molecular weight excluding hydrogens is 325 g/mol. The number of rotatable bonds is 5. The van der Waals surface area contributed by atoms with E-state index in [4.69, 9.17) is 0 Å². The van der Waals surface area contributed by atoms with Gasteiger partial charge in [0.1, 0.15) is 5.82 Å². The average Bonchev–Trinajstić information content (AvgIpc) is 2.89. The molecule has 7 nitrogen and oxygen atoms in total. The molecule has 0 radical (unpaired) electrons. The Balaban J connectivity index is 0.00000220. The number of sulfonamides is 1. The fraction of sp³-hybridized carbons (Fsp3) is 0.455. The molecular formula is C11H15ClFN3O4S. The van der Waals surface area contributed by atoms with Crippen LogP contribution in [0.1, 0.15) is 12.8 Å². The maximum Gasteiger partial charge on any atom is 0.292 e. The highest BCUT2D eigenvalue weighted by Gasteiger charge is 2.30. The summed E-state index contributed by atoms with van der Waals surface area (Å²) in [5.41, 5.74) is -0.767. The van der Waals surface area contributed by atoms with E-state index in [-0.39, 0.29) is 25.0 Å². The summed E-state index contributed by atoms with van der Waals surface area (Å²) >= 11 is 0. The normalized spacial score (nSPS) is 18.2. The minimum atomic E-state index is -4.26. The fourth-order valence-corrected chi connectivity index (χ4v) is 3.43. The number of nitrogens with zero attached hydrogens (tertiary/aromatic N) is 1. The first-order chi connectivity index (χ1) is 9.42. The van der Waals surface area contributed by atoms with Gasteiger partial charge in [0.2, 0.25) is 10.0 Å². The number of nitro groups is 1. The van der Waals surface area contributed by atoms with Crippen LogP contribution in [0, 0.1) is 15.9 Å². The van der Waals surface area contributed by atoms with Crippen molar-refractivity contribution in [2.75, 3.05) is 13.1 Å². The van der Waals surface area contributed by atoms with Crippen molar-refractivity contribution in [1.29, 1.82) is 0 Å². The summed E-state index contributed by atoms with van der Waals surface area (Å²) in [4.78, 5) is 8.99. The molecule has 0 bridgehead atoms. The summed E-state index contributed by atoms with van der Waals surface area (Å²) < 4.78 is 40.0. The zero-order chi connectivity index (χ0) is 14.8. The van der Waals surface area contributed by atoms with Gasteiger partial charge in [-0.05, 0) is 25.5 Å². The second-order valence-electron chi connectivity index (χ2n) is 4.49. The molecule has 1 aromatic rings. The van der Waals surface area contributed by atoms with E-state index in [1.54, 1.807) is 0 Å². The number of hydrogen-bond acceptors (Lipinski definition) is 5. The molecule has 1 unspecified atom stereocenters. The zero-order valence-corrected chi connectivity index (χ0v) is 12.5. The quantitative estimate of drug-likeness (QED) is 0.619. The molecule has 1 fully saturated rings. The highest BCUT2D eigenvalue weighted by molar-refractivity contribution is 7.89. The lowest BCUT2D eigenvalue weighted by Gasteiger charge is -2.12. The van der Waals surface area contributed by atoms with E-state index in [9.17, 15) is 22.9 Å². The zero-order valence-electron chi connectivity index (χ0n) is 10.9. The first-order valence-corrected chi connectivity index (χ1v) is 7.56. The van der Waals surface area contributed by atoms with Crippen LogP contribution in [-0.2, 0) is 10.0 Å². The third kappa shape index (κ3) is 4.10. The Bertz CT molecular complexity index is 620. The van der Waals surface area contributed by atoms with Crippen molar-refractivity contribution in [1.82, 2.24) is 10.0 Å². The first-order valence-electron chi connectivity index (χ1n) is 6.08. The number of halogens is 2. The summed E-state index contributed by atoms with van der Waals surface area (Å²) in [7, 11) is -4.26. The molecule has 1 aromatic carbocycles. The van der Waals surface area contributed by atoms with Gasteiger partial charge < -0.3 is 5.32 Å². The van der Waals surface area contributed by atoms with Crippen LogP contribution in [0.25, 0.3) is 0 Å². The van der Waals surface area contributed by atoms with Crippen molar-refractivity contribution in [3.8, 4) is 0 Å². The second-order valence-corrected chi connectivity index (χ2v) is 6.19. The topological polar surface area (TPSA) is 101 Å². The third-order valence-corrected chi connectivity index (χ3v) is 4.58. The van der Waals surface area contributed by atoms with E-state index >= 15 is 0 Å². The SMILES string of the molecule is Cl.O=[N+]([O-])c1cccc(F)c1S(=O)(=O)NCC1CCCN1. The Morgan fingerprint density at radius 2 is 2.19 bits per heavy atom. The molecule has 1 atom stereocenters. The highest BCUT2D eigenvalue weighted by atomic mass is 35.5. The summed E-state index contributed by atoms with van der Waals surface area (Å²) in [6.07, 6.45) is 1.74. The van der Waals surface area contributed by atoms with Gasteiger partial charge in [-0.3, -0.25) is 10.1 Å². The second kappa shape index (κ2) is 7.12. The summed E-state index contributed by atoms with van der Waals surface area (Å²) in [5.74, 6) is -1.13. The van der Waals surface area contributed by atoms with Gasteiger partial charge in [-0.15, -0.1) is 12.4 Å². The highest BCUT2D eigenvalue weighted by Crippen LogP contribution is 2.26. The molecule has 0 aromatic heterocycles. The van der Waals surface area contributed by atoms with Crippen LogP contribution in [0.3, 0.4) is 0 Å². The minimum Gasteiger partial charge on any atom is -0.313 e. The maximum absolute atomic E-state index is 13.7. The maximum atomic E-state index is 13.7. The van der Waals surface area contributed by atoms with E-state index in [1.807, 2.05) is 0 Å². The van der Waals surface area contributed by atoms with E-state index in [0.29, 0.717) is 0 Å². The summed E-state index contributed by atoms with van der Waals surface area (Å²) in [5, 5.41) is 13.9. The molecule has 1 saturated heterocycles. The Labute approximate surface area is 127 Å². The standard InChI is InChI=1S/C11H14FN3O4S.ClH/c12-9-4-1-5-10(15(16)17)11(9)20(18,19)14-7-8-3-2-6-13-8;/h1,4-5,8,13-14H,2-3,6-7H2;1H. The van der Waals surface area contributed by atoms with Crippen molar-refractivity contribution >= 4 is 28.1 Å². The van der Waals surface area contributed by atoms with Gasteiger partial charge in [-0.1, -0.05) is 6.07 Å². The van der Waals surface area contributed by atoms with Crippen LogP contribution in [-0.4, -0.2) is 32.5 Å². The van der Waals surface area contributed by atoms with E-state index in [1.165, 1.54) is 0 Å². The molecule has 0 aliphatic carbocycles. The molecule has 2 N–H and O–H groups in total. The molecule has 0 amide bonds. The summed E-state index contributed by atoms with van der Waals surface area (Å²) in [6, 6.07) is 2.92. The van der Waals surface area contributed by atoms with Gasteiger partial charge in [-0.25, -0.2) is 17.5 Å². The Hall–Kier alpha value is -1.29. The smallest absolute Gasteiger partial charge is 0.292 e. The predicted molar refractivity (Wildman–Crippen MR) is 76.5 cm³/mol. The van der Waals surface area contributed by atoms with Crippen molar-refractivity contribution in [3.05, 3.63) is 34.1 Å². The lowest BCUT2D eigenvalue weighted by Crippen LogP contribution is -2.37. The van der Waals surface area contributed by atoms with Gasteiger partial charge in [0.05, 0.1) is 4.92 Å². The van der Waals surface area contributed by atoms with Gasteiger partial charge in [0.25, 0.3) is 5.69 Å². The van der Waals surface area contributed by atoms with Crippen molar-refractivity contribution in [3.63, 3.8) is 0 Å². The minimum absolute atomic E-state index is 0. The van der Waals surface area contributed by atoms with Crippen molar-refractivity contribution < 1.29 is 17.7 Å². The van der Waals surface area contributed by atoms with Gasteiger partial charge in [0.15, 0.2) is 4.90 Å². The van der Waals surface area contributed by atoms with Crippen LogP contribution in [0.2, 0.25) is 0 Å². The Morgan fingerprint density at radius 1 is 1.48 bits per heavy atom. The van der Waals surface area contributed by atoms with Crippen LogP contribution in [0.5, 0.6) is 0 Å². The molecule has 0 spiro atoms. The van der Waals surface area contributed by atoms with Crippen molar-refractivity contribution in [2.24, 2.45) is 0 Å². The van der Waals surface area contributed by atoms with E-state index in [2.05, 4.69) is 10.0 Å². The average molecular weight is 340 g/mol.